The largest absolute Gasteiger partial charge is 0.304 e. The van der Waals surface area contributed by atoms with Crippen LogP contribution in [0.3, 0.4) is 0 Å². The van der Waals surface area contributed by atoms with Gasteiger partial charge in [0, 0.05) is 5.56 Å². The van der Waals surface area contributed by atoms with Gasteiger partial charge in [-0.05, 0) is 68.7 Å². The summed E-state index contributed by atoms with van der Waals surface area (Å²) in [6.07, 6.45) is 1.88. The third-order valence-corrected chi connectivity index (χ3v) is 7.28. The Hall–Kier alpha value is -2.42. The summed E-state index contributed by atoms with van der Waals surface area (Å²) in [6.45, 7) is 7.04. The SMILES string of the molecule is CCN(CC)CCCS(=O)(=O)N[C@H](CCc1ccccc1)C1=NC(c2ccc(F)cc2)=NC1. The number of nitrogens with zero attached hydrogens (tertiary/aromatic N) is 3. The minimum absolute atomic E-state index is 0.0737. The number of aryl methyl sites for hydroxylation is 1. The average molecular weight is 473 g/mol. The highest BCUT2D eigenvalue weighted by atomic mass is 32.2. The van der Waals surface area contributed by atoms with Crippen molar-refractivity contribution >= 4 is 21.6 Å². The molecule has 1 atom stereocenters. The van der Waals surface area contributed by atoms with Crippen LogP contribution in [0.5, 0.6) is 0 Å². The van der Waals surface area contributed by atoms with Gasteiger partial charge in [-0.15, -0.1) is 0 Å². The second-order valence-corrected chi connectivity index (χ2v) is 10.0. The predicted molar refractivity (Wildman–Crippen MR) is 133 cm³/mol. The lowest BCUT2D eigenvalue weighted by molar-refractivity contribution is 0.305. The van der Waals surface area contributed by atoms with Gasteiger partial charge in [-0.1, -0.05) is 44.2 Å². The molecule has 0 aromatic heterocycles. The van der Waals surface area contributed by atoms with Crippen molar-refractivity contribution in [3.63, 3.8) is 0 Å². The van der Waals surface area contributed by atoms with Crippen LogP contribution >= 0.6 is 0 Å². The molecule has 1 heterocycles. The van der Waals surface area contributed by atoms with E-state index in [2.05, 4.69) is 33.5 Å². The molecule has 0 fully saturated rings. The van der Waals surface area contributed by atoms with E-state index in [4.69, 9.17) is 0 Å². The fourth-order valence-electron chi connectivity index (χ4n) is 3.85. The van der Waals surface area contributed by atoms with Crippen LogP contribution in [0.25, 0.3) is 0 Å². The van der Waals surface area contributed by atoms with Crippen molar-refractivity contribution < 1.29 is 12.8 Å². The quantitative estimate of drug-likeness (QED) is 0.483. The van der Waals surface area contributed by atoms with E-state index in [0.29, 0.717) is 30.9 Å². The number of rotatable bonds is 13. The van der Waals surface area contributed by atoms with Crippen molar-refractivity contribution in [2.45, 2.75) is 39.2 Å². The molecular weight excluding hydrogens is 439 g/mol. The molecule has 0 bridgehead atoms. The number of benzene rings is 2. The Morgan fingerprint density at radius 1 is 1.06 bits per heavy atom. The van der Waals surface area contributed by atoms with Crippen molar-refractivity contribution in [2.75, 3.05) is 31.9 Å². The first kappa shape index (κ1) is 25.2. The van der Waals surface area contributed by atoms with E-state index in [1.54, 1.807) is 12.1 Å². The summed E-state index contributed by atoms with van der Waals surface area (Å²) >= 11 is 0. The smallest absolute Gasteiger partial charge is 0.212 e. The number of hydrogen-bond donors (Lipinski definition) is 1. The van der Waals surface area contributed by atoms with Crippen LogP contribution in [0.2, 0.25) is 0 Å². The summed E-state index contributed by atoms with van der Waals surface area (Å²) in [7, 11) is -3.48. The van der Waals surface area contributed by atoms with Crippen LogP contribution in [0.15, 0.2) is 64.6 Å². The van der Waals surface area contributed by atoms with E-state index in [1.165, 1.54) is 12.1 Å². The van der Waals surface area contributed by atoms with Crippen LogP contribution in [0.1, 0.15) is 37.8 Å². The van der Waals surface area contributed by atoms with E-state index in [0.717, 1.165) is 37.2 Å². The summed E-state index contributed by atoms with van der Waals surface area (Å²) < 4.78 is 41.9. The molecule has 0 amide bonds. The zero-order valence-corrected chi connectivity index (χ0v) is 20.2. The van der Waals surface area contributed by atoms with Gasteiger partial charge in [0.2, 0.25) is 10.0 Å². The molecule has 0 unspecified atom stereocenters. The molecule has 0 saturated heterocycles. The maximum Gasteiger partial charge on any atom is 0.212 e. The molecule has 8 heteroatoms. The lowest BCUT2D eigenvalue weighted by atomic mass is 10.0. The molecule has 2 aromatic rings. The molecule has 0 saturated carbocycles. The number of aliphatic imine (C=N–C) groups is 2. The highest BCUT2D eigenvalue weighted by Gasteiger charge is 2.25. The molecule has 0 spiro atoms. The Kier molecular flexibility index (Phi) is 9.29. The summed E-state index contributed by atoms with van der Waals surface area (Å²) in [5, 5.41) is 0. The molecule has 3 rings (SSSR count). The van der Waals surface area contributed by atoms with Crippen molar-refractivity contribution in [3.8, 4) is 0 Å². The van der Waals surface area contributed by atoms with Crippen LogP contribution < -0.4 is 4.72 Å². The minimum Gasteiger partial charge on any atom is -0.304 e. The summed E-state index contributed by atoms with van der Waals surface area (Å²) in [6, 6.07) is 15.6. The van der Waals surface area contributed by atoms with Gasteiger partial charge in [0.25, 0.3) is 0 Å². The minimum atomic E-state index is -3.48. The highest BCUT2D eigenvalue weighted by Crippen LogP contribution is 2.15. The normalized spacial score (nSPS) is 14.9. The highest BCUT2D eigenvalue weighted by molar-refractivity contribution is 7.89. The Balaban J connectivity index is 1.71. The maximum absolute atomic E-state index is 13.3. The van der Waals surface area contributed by atoms with Gasteiger partial charge >= 0.3 is 0 Å². The van der Waals surface area contributed by atoms with Gasteiger partial charge in [-0.25, -0.2) is 22.5 Å². The Labute approximate surface area is 196 Å². The molecular formula is C25H33FN4O2S. The summed E-state index contributed by atoms with van der Waals surface area (Å²) in [4.78, 5) is 11.3. The van der Waals surface area contributed by atoms with Gasteiger partial charge in [0.1, 0.15) is 5.82 Å². The van der Waals surface area contributed by atoms with Crippen molar-refractivity contribution in [1.29, 1.82) is 0 Å². The molecule has 0 radical (unpaired) electrons. The number of nitrogens with one attached hydrogen (secondary N) is 1. The van der Waals surface area contributed by atoms with Crippen LogP contribution in [-0.2, 0) is 16.4 Å². The van der Waals surface area contributed by atoms with Gasteiger partial charge in [0.05, 0.1) is 24.1 Å². The molecule has 1 N–H and O–H groups in total. The molecule has 0 aliphatic carbocycles. The first-order chi connectivity index (χ1) is 15.9. The topological polar surface area (TPSA) is 74.1 Å². The Morgan fingerprint density at radius 3 is 2.42 bits per heavy atom. The standard InChI is InChI=1S/C25H33FN4O2S/c1-3-30(4-2)17-8-18-33(31,32)29-23(16-11-20-9-6-5-7-10-20)24-19-27-25(28-24)21-12-14-22(26)15-13-21/h5-7,9-10,12-15,23,29H,3-4,8,11,16-19H2,1-2H3/t23-/m1/s1. The second kappa shape index (κ2) is 12.2. The van der Waals surface area contributed by atoms with Gasteiger partial charge in [-0.3, -0.25) is 4.99 Å². The Bertz CT molecular complexity index is 1050. The van der Waals surface area contributed by atoms with E-state index in [9.17, 15) is 12.8 Å². The van der Waals surface area contributed by atoms with Crippen molar-refractivity contribution in [2.24, 2.45) is 9.98 Å². The van der Waals surface area contributed by atoms with Crippen LogP contribution in [-0.4, -0.2) is 62.8 Å². The molecule has 1 aliphatic heterocycles. The van der Waals surface area contributed by atoms with Crippen molar-refractivity contribution in [1.82, 2.24) is 9.62 Å². The lowest BCUT2D eigenvalue weighted by Gasteiger charge is -2.20. The predicted octanol–water partition coefficient (Wildman–Crippen LogP) is 3.68. The molecule has 6 nitrogen and oxygen atoms in total. The summed E-state index contributed by atoms with van der Waals surface area (Å²) in [5.74, 6) is 0.264. The zero-order chi connectivity index (χ0) is 23.7. The molecule has 2 aromatic carbocycles. The van der Waals surface area contributed by atoms with Gasteiger partial charge in [0.15, 0.2) is 5.84 Å². The molecule has 33 heavy (non-hydrogen) atoms. The summed E-state index contributed by atoms with van der Waals surface area (Å²) in [5.41, 5.74) is 2.55. The van der Waals surface area contributed by atoms with Crippen molar-refractivity contribution in [3.05, 3.63) is 71.5 Å². The molecule has 1 aliphatic rings. The third kappa shape index (κ3) is 7.84. The monoisotopic (exact) mass is 472 g/mol. The van der Waals surface area contributed by atoms with E-state index >= 15 is 0 Å². The fourth-order valence-corrected chi connectivity index (χ4v) is 5.16. The third-order valence-electron chi connectivity index (χ3n) is 5.81. The molecule has 178 valence electrons. The fraction of sp³-hybridized carbons (Fsp3) is 0.440. The van der Waals surface area contributed by atoms with Crippen LogP contribution in [0, 0.1) is 5.82 Å². The number of amidine groups is 1. The average Bonchev–Trinajstić information content (AvgIpc) is 3.31. The maximum atomic E-state index is 13.3. The van der Waals surface area contributed by atoms with Crippen LogP contribution in [0.4, 0.5) is 4.39 Å². The first-order valence-corrected chi connectivity index (χ1v) is 13.2. The zero-order valence-electron chi connectivity index (χ0n) is 19.4. The van der Waals surface area contributed by atoms with E-state index < -0.39 is 16.1 Å². The number of sulfonamides is 1. The first-order valence-electron chi connectivity index (χ1n) is 11.5. The van der Waals surface area contributed by atoms with E-state index in [1.807, 2.05) is 30.3 Å². The van der Waals surface area contributed by atoms with Gasteiger partial charge < -0.3 is 4.90 Å². The number of halogens is 1. The van der Waals surface area contributed by atoms with Gasteiger partial charge in [-0.2, -0.15) is 0 Å². The lowest BCUT2D eigenvalue weighted by Crippen LogP contribution is -2.43. The Morgan fingerprint density at radius 2 is 1.76 bits per heavy atom. The van der Waals surface area contributed by atoms with E-state index in [-0.39, 0.29) is 11.6 Å². The number of hydrogen-bond acceptors (Lipinski definition) is 5. The second-order valence-electron chi connectivity index (χ2n) is 8.14.